The molecule has 1 aromatic carbocycles. The van der Waals surface area contributed by atoms with E-state index in [1.807, 2.05) is 24.3 Å². The van der Waals surface area contributed by atoms with E-state index in [-0.39, 0.29) is 11.5 Å². The molecular formula is C19H25N5O3. The van der Waals surface area contributed by atoms with E-state index in [4.69, 9.17) is 4.74 Å². The van der Waals surface area contributed by atoms with Crippen molar-refractivity contribution in [1.82, 2.24) is 20.0 Å². The summed E-state index contributed by atoms with van der Waals surface area (Å²) in [6.45, 7) is 3.90. The number of piperazine rings is 1. The zero-order valence-electron chi connectivity index (χ0n) is 15.7. The molecule has 3 rings (SSSR count). The van der Waals surface area contributed by atoms with Gasteiger partial charge in [0.1, 0.15) is 5.75 Å². The zero-order valence-corrected chi connectivity index (χ0v) is 15.7. The molecule has 8 nitrogen and oxygen atoms in total. The van der Waals surface area contributed by atoms with Crippen LogP contribution in [0.1, 0.15) is 5.56 Å². The minimum Gasteiger partial charge on any atom is -0.497 e. The molecule has 1 saturated heterocycles. The van der Waals surface area contributed by atoms with Crippen LogP contribution in [0.4, 0.5) is 5.69 Å². The zero-order chi connectivity index (χ0) is 19.2. The van der Waals surface area contributed by atoms with Crippen LogP contribution in [0.25, 0.3) is 0 Å². The summed E-state index contributed by atoms with van der Waals surface area (Å²) in [7, 11) is 3.26. The third kappa shape index (κ3) is 5.07. The van der Waals surface area contributed by atoms with Crippen LogP contribution in [0.5, 0.6) is 5.75 Å². The molecule has 0 radical (unpaired) electrons. The number of nitrogens with zero attached hydrogens (tertiary/aromatic N) is 4. The normalized spacial score (nSPS) is 14.8. The Balaban J connectivity index is 1.45. The number of benzene rings is 1. The van der Waals surface area contributed by atoms with Gasteiger partial charge in [0.05, 0.1) is 25.5 Å². The fourth-order valence-electron chi connectivity index (χ4n) is 3.04. The van der Waals surface area contributed by atoms with Crippen molar-refractivity contribution in [3.05, 3.63) is 52.4 Å². The van der Waals surface area contributed by atoms with Gasteiger partial charge < -0.3 is 15.0 Å². The van der Waals surface area contributed by atoms with Crippen LogP contribution in [-0.2, 0) is 18.4 Å². The summed E-state index contributed by atoms with van der Waals surface area (Å²) < 4.78 is 6.50. The fraction of sp³-hybridized carbons (Fsp3) is 0.421. The summed E-state index contributed by atoms with van der Waals surface area (Å²) in [5.74, 6) is 0.782. The van der Waals surface area contributed by atoms with Crippen molar-refractivity contribution < 1.29 is 9.53 Å². The maximum absolute atomic E-state index is 12.2. The Morgan fingerprint density at radius 2 is 2.00 bits per heavy atom. The lowest BCUT2D eigenvalue weighted by Gasteiger charge is -2.35. The number of amides is 1. The Bertz CT molecular complexity index is 843. The van der Waals surface area contributed by atoms with Crippen LogP contribution in [0.15, 0.2) is 41.3 Å². The molecule has 1 N–H and O–H groups in total. The largest absolute Gasteiger partial charge is 0.497 e. The Hall–Kier alpha value is -2.87. The number of methoxy groups -OCH3 is 1. The standard InChI is InChI=1S/C19H25N5O3/c1-22-19(26)11-16(13-21-22)24-8-6-23(7-9-24)14-18(25)20-12-15-4-3-5-17(10-15)27-2/h3-5,10-11,13H,6-9,12,14H2,1-2H3,(H,20,25). The summed E-state index contributed by atoms with van der Waals surface area (Å²) >= 11 is 0. The third-order valence-corrected chi connectivity index (χ3v) is 4.68. The van der Waals surface area contributed by atoms with Crippen molar-refractivity contribution in [3.63, 3.8) is 0 Å². The molecule has 0 bridgehead atoms. The van der Waals surface area contributed by atoms with Crippen LogP contribution < -0.4 is 20.5 Å². The number of aromatic nitrogens is 2. The smallest absolute Gasteiger partial charge is 0.268 e. The van der Waals surface area contributed by atoms with Crippen molar-refractivity contribution in [2.45, 2.75) is 6.54 Å². The van der Waals surface area contributed by atoms with Gasteiger partial charge in [0.15, 0.2) is 0 Å². The van der Waals surface area contributed by atoms with E-state index in [2.05, 4.69) is 20.2 Å². The topological polar surface area (TPSA) is 79.7 Å². The molecule has 0 spiro atoms. The molecule has 144 valence electrons. The highest BCUT2D eigenvalue weighted by molar-refractivity contribution is 5.78. The van der Waals surface area contributed by atoms with Crippen LogP contribution in [0.2, 0.25) is 0 Å². The predicted molar refractivity (Wildman–Crippen MR) is 103 cm³/mol. The number of anilines is 1. The van der Waals surface area contributed by atoms with E-state index >= 15 is 0 Å². The maximum atomic E-state index is 12.2. The van der Waals surface area contributed by atoms with E-state index in [1.165, 1.54) is 4.68 Å². The van der Waals surface area contributed by atoms with Crippen LogP contribution in [0.3, 0.4) is 0 Å². The van der Waals surface area contributed by atoms with Crippen molar-refractivity contribution in [2.75, 3.05) is 44.7 Å². The lowest BCUT2D eigenvalue weighted by Crippen LogP contribution is -2.49. The highest BCUT2D eigenvalue weighted by Gasteiger charge is 2.19. The van der Waals surface area contributed by atoms with Gasteiger partial charge in [-0.2, -0.15) is 5.10 Å². The number of hydrogen-bond donors (Lipinski definition) is 1. The van der Waals surface area contributed by atoms with E-state index in [0.717, 1.165) is 43.2 Å². The summed E-state index contributed by atoms with van der Waals surface area (Å²) in [6, 6.07) is 9.26. The minimum atomic E-state index is -0.119. The second-order valence-electron chi connectivity index (χ2n) is 6.57. The number of aryl methyl sites for hydroxylation is 1. The molecule has 1 fully saturated rings. The molecule has 2 heterocycles. The molecule has 1 aliphatic rings. The monoisotopic (exact) mass is 371 g/mol. The SMILES string of the molecule is COc1cccc(CNC(=O)CN2CCN(c3cnn(C)c(=O)c3)CC2)c1. The third-order valence-electron chi connectivity index (χ3n) is 4.68. The molecule has 0 atom stereocenters. The van der Waals surface area contributed by atoms with E-state index in [0.29, 0.717) is 13.1 Å². The lowest BCUT2D eigenvalue weighted by atomic mass is 10.2. The lowest BCUT2D eigenvalue weighted by molar-refractivity contribution is -0.122. The average Bonchev–Trinajstić information content (AvgIpc) is 2.69. The van der Waals surface area contributed by atoms with Crippen LogP contribution in [-0.4, -0.2) is 60.4 Å². The number of carbonyl (C=O) groups is 1. The first-order valence-electron chi connectivity index (χ1n) is 8.95. The molecule has 1 aliphatic heterocycles. The molecule has 0 saturated carbocycles. The van der Waals surface area contributed by atoms with E-state index < -0.39 is 0 Å². The summed E-state index contributed by atoms with van der Waals surface area (Å²) in [6.07, 6.45) is 1.71. The van der Waals surface area contributed by atoms with Gasteiger partial charge in [-0.1, -0.05) is 12.1 Å². The van der Waals surface area contributed by atoms with Crippen LogP contribution >= 0.6 is 0 Å². The molecule has 8 heteroatoms. The van der Waals surface area contributed by atoms with Crippen LogP contribution in [0, 0.1) is 0 Å². The molecule has 1 amide bonds. The summed E-state index contributed by atoms with van der Waals surface area (Å²) in [4.78, 5) is 28.2. The Labute approximate surface area is 158 Å². The molecule has 2 aromatic rings. The number of rotatable bonds is 6. The Kier molecular flexibility index (Phi) is 6.08. The van der Waals surface area contributed by atoms with Crippen molar-refractivity contribution in [2.24, 2.45) is 7.05 Å². The van der Waals surface area contributed by atoms with E-state index in [9.17, 15) is 9.59 Å². The Morgan fingerprint density at radius 3 is 2.70 bits per heavy atom. The number of hydrogen-bond acceptors (Lipinski definition) is 6. The summed E-state index contributed by atoms with van der Waals surface area (Å²) in [5, 5.41) is 7.01. The van der Waals surface area contributed by atoms with E-state index in [1.54, 1.807) is 26.4 Å². The van der Waals surface area contributed by atoms with Gasteiger partial charge in [-0.05, 0) is 17.7 Å². The predicted octanol–water partition coefficient (Wildman–Crippen LogP) is 0.227. The molecule has 0 aliphatic carbocycles. The highest BCUT2D eigenvalue weighted by Crippen LogP contribution is 2.13. The van der Waals surface area contributed by atoms with Gasteiger partial charge >= 0.3 is 0 Å². The average molecular weight is 371 g/mol. The van der Waals surface area contributed by atoms with Gasteiger partial charge in [-0.15, -0.1) is 0 Å². The first-order valence-corrected chi connectivity index (χ1v) is 8.95. The minimum absolute atomic E-state index is 0.00140. The first-order chi connectivity index (χ1) is 13.0. The molecule has 1 aromatic heterocycles. The Morgan fingerprint density at radius 1 is 1.22 bits per heavy atom. The summed E-state index contributed by atoms with van der Waals surface area (Å²) in [5.41, 5.74) is 1.72. The van der Waals surface area contributed by atoms with Gasteiger partial charge in [0.25, 0.3) is 5.56 Å². The van der Waals surface area contributed by atoms with Gasteiger partial charge in [0, 0.05) is 45.8 Å². The second-order valence-corrected chi connectivity index (χ2v) is 6.57. The van der Waals surface area contributed by atoms with Crippen molar-refractivity contribution >= 4 is 11.6 Å². The first kappa shape index (κ1) is 18.9. The highest BCUT2D eigenvalue weighted by atomic mass is 16.5. The number of ether oxygens (including phenoxy) is 1. The maximum Gasteiger partial charge on any atom is 0.268 e. The van der Waals surface area contributed by atoms with Gasteiger partial charge in [-0.3, -0.25) is 14.5 Å². The molecule has 27 heavy (non-hydrogen) atoms. The van der Waals surface area contributed by atoms with Crippen molar-refractivity contribution in [1.29, 1.82) is 0 Å². The quantitative estimate of drug-likeness (QED) is 0.783. The molecular weight excluding hydrogens is 346 g/mol. The van der Waals surface area contributed by atoms with Gasteiger partial charge in [-0.25, -0.2) is 4.68 Å². The molecule has 0 unspecified atom stereocenters. The fourth-order valence-corrected chi connectivity index (χ4v) is 3.04. The van der Waals surface area contributed by atoms with Crippen molar-refractivity contribution in [3.8, 4) is 5.75 Å². The van der Waals surface area contributed by atoms with Gasteiger partial charge in [0.2, 0.25) is 5.91 Å². The number of carbonyl (C=O) groups excluding carboxylic acids is 1. The number of nitrogens with one attached hydrogen (secondary N) is 1. The second kappa shape index (κ2) is 8.68.